The number of anilines is 1. The molecule has 1 amide bonds. The van der Waals surface area contributed by atoms with E-state index in [4.69, 9.17) is 21.5 Å². The van der Waals surface area contributed by atoms with Gasteiger partial charge in [0.1, 0.15) is 0 Å². The molecule has 138 valence electrons. The monoisotopic (exact) mass is 396 g/mol. The van der Waals surface area contributed by atoms with Crippen molar-refractivity contribution < 1.29 is 22.7 Å². The van der Waals surface area contributed by atoms with E-state index < -0.39 is 28.5 Å². The van der Waals surface area contributed by atoms with Gasteiger partial charge in [0.2, 0.25) is 10.0 Å². The van der Waals surface area contributed by atoms with Gasteiger partial charge in [0.25, 0.3) is 5.91 Å². The number of nitrogens with two attached hydrogens (primary N) is 1. The van der Waals surface area contributed by atoms with Crippen LogP contribution in [0.2, 0.25) is 5.02 Å². The van der Waals surface area contributed by atoms with Gasteiger partial charge in [-0.25, -0.2) is 18.4 Å². The number of amides is 1. The van der Waals surface area contributed by atoms with Gasteiger partial charge in [0.15, 0.2) is 6.61 Å². The largest absolute Gasteiger partial charge is 0.452 e. The second kappa shape index (κ2) is 8.31. The highest BCUT2D eigenvalue weighted by atomic mass is 35.5. The smallest absolute Gasteiger partial charge is 0.340 e. The minimum Gasteiger partial charge on any atom is -0.452 e. The molecule has 0 saturated carbocycles. The Morgan fingerprint density at radius 2 is 1.81 bits per heavy atom. The summed E-state index contributed by atoms with van der Waals surface area (Å²) in [5.74, 6) is -1.47. The lowest BCUT2D eigenvalue weighted by atomic mass is 10.1. The van der Waals surface area contributed by atoms with E-state index in [0.29, 0.717) is 5.69 Å². The molecule has 0 saturated heterocycles. The van der Waals surface area contributed by atoms with E-state index in [2.05, 4.69) is 5.32 Å². The molecule has 0 aliphatic heterocycles. The summed E-state index contributed by atoms with van der Waals surface area (Å²) < 4.78 is 27.6. The Labute approximate surface area is 156 Å². The van der Waals surface area contributed by atoms with E-state index in [9.17, 15) is 18.0 Å². The zero-order valence-electron chi connectivity index (χ0n) is 13.9. The maximum Gasteiger partial charge on any atom is 0.340 e. The second-order valence-electron chi connectivity index (χ2n) is 5.36. The van der Waals surface area contributed by atoms with Gasteiger partial charge in [0.05, 0.1) is 15.5 Å². The van der Waals surface area contributed by atoms with Crippen molar-refractivity contribution in [3.63, 3.8) is 0 Å². The predicted octanol–water partition coefficient (Wildman–Crippen LogP) is 2.35. The number of esters is 1. The van der Waals surface area contributed by atoms with Crippen molar-refractivity contribution in [2.24, 2.45) is 5.14 Å². The first-order valence-corrected chi connectivity index (χ1v) is 9.51. The van der Waals surface area contributed by atoms with Crippen molar-refractivity contribution in [1.82, 2.24) is 0 Å². The Balaban J connectivity index is 2.00. The molecule has 0 spiro atoms. The summed E-state index contributed by atoms with van der Waals surface area (Å²) in [5, 5.41) is 7.59. The first-order valence-electron chi connectivity index (χ1n) is 7.59. The van der Waals surface area contributed by atoms with Crippen LogP contribution in [0.3, 0.4) is 0 Å². The van der Waals surface area contributed by atoms with Crippen LogP contribution in [0.25, 0.3) is 0 Å². The van der Waals surface area contributed by atoms with Crippen LogP contribution < -0.4 is 10.5 Å². The third kappa shape index (κ3) is 5.29. The molecule has 0 aliphatic carbocycles. The summed E-state index contributed by atoms with van der Waals surface area (Å²) in [6.07, 6.45) is 0.879. The summed E-state index contributed by atoms with van der Waals surface area (Å²) >= 11 is 5.88. The molecule has 26 heavy (non-hydrogen) atoms. The predicted molar refractivity (Wildman–Crippen MR) is 97.6 cm³/mol. The molecule has 0 radical (unpaired) electrons. The Kier molecular flexibility index (Phi) is 6.36. The molecule has 0 aromatic heterocycles. The lowest BCUT2D eigenvalue weighted by Crippen LogP contribution is -2.21. The fourth-order valence-corrected chi connectivity index (χ4v) is 2.80. The zero-order valence-corrected chi connectivity index (χ0v) is 15.4. The first kappa shape index (κ1) is 19.9. The highest BCUT2D eigenvalue weighted by Crippen LogP contribution is 2.20. The van der Waals surface area contributed by atoms with Crippen molar-refractivity contribution >= 4 is 39.2 Å². The molecule has 0 bridgehead atoms. The molecule has 2 rings (SSSR count). The van der Waals surface area contributed by atoms with E-state index in [-0.39, 0.29) is 15.5 Å². The van der Waals surface area contributed by atoms with Gasteiger partial charge >= 0.3 is 5.97 Å². The molecule has 0 fully saturated rings. The number of nitrogens with one attached hydrogen (secondary N) is 1. The van der Waals surface area contributed by atoms with Crippen LogP contribution in [-0.2, 0) is 26.0 Å². The summed E-state index contributed by atoms with van der Waals surface area (Å²) in [4.78, 5) is 23.7. The van der Waals surface area contributed by atoms with E-state index in [0.717, 1.165) is 18.1 Å². The number of primary sulfonamides is 1. The van der Waals surface area contributed by atoms with Crippen molar-refractivity contribution in [3.8, 4) is 0 Å². The number of carbonyl (C=O) groups excluding carboxylic acids is 2. The molecule has 7 nitrogen and oxygen atoms in total. The second-order valence-corrected chi connectivity index (χ2v) is 7.33. The maximum atomic E-state index is 12.1. The van der Waals surface area contributed by atoms with E-state index in [1.165, 1.54) is 12.1 Å². The maximum absolute atomic E-state index is 12.1. The number of hydrogen-bond acceptors (Lipinski definition) is 5. The molecular weight excluding hydrogens is 380 g/mol. The van der Waals surface area contributed by atoms with Crippen LogP contribution in [0, 0.1) is 0 Å². The summed E-state index contributed by atoms with van der Waals surface area (Å²) in [6, 6.07) is 10.6. The van der Waals surface area contributed by atoms with E-state index in [1.807, 2.05) is 19.1 Å². The van der Waals surface area contributed by atoms with Crippen molar-refractivity contribution in [1.29, 1.82) is 0 Å². The SMILES string of the molecule is CCc1ccc(NC(=O)COC(=O)c2cc(S(N)(=O)=O)ccc2Cl)cc1. The lowest BCUT2D eigenvalue weighted by molar-refractivity contribution is -0.119. The lowest BCUT2D eigenvalue weighted by Gasteiger charge is -2.09. The average Bonchev–Trinajstić information content (AvgIpc) is 2.59. The zero-order chi connectivity index (χ0) is 19.3. The van der Waals surface area contributed by atoms with Gasteiger partial charge in [-0.1, -0.05) is 30.7 Å². The molecule has 0 unspecified atom stereocenters. The van der Waals surface area contributed by atoms with Crippen LogP contribution in [0.1, 0.15) is 22.8 Å². The molecule has 2 aromatic carbocycles. The number of rotatable bonds is 6. The number of benzene rings is 2. The van der Waals surface area contributed by atoms with Crippen molar-refractivity contribution in [3.05, 3.63) is 58.6 Å². The summed E-state index contributed by atoms with van der Waals surface area (Å²) in [7, 11) is -4.00. The van der Waals surface area contributed by atoms with Gasteiger partial charge in [-0.05, 0) is 42.3 Å². The Morgan fingerprint density at radius 3 is 2.38 bits per heavy atom. The summed E-state index contributed by atoms with van der Waals surface area (Å²) in [6.45, 7) is 1.47. The van der Waals surface area contributed by atoms with Gasteiger partial charge in [-0.3, -0.25) is 4.79 Å². The van der Waals surface area contributed by atoms with Crippen LogP contribution in [-0.4, -0.2) is 26.9 Å². The molecule has 9 heteroatoms. The molecule has 0 atom stereocenters. The van der Waals surface area contributed by atoms with Gasteiger partial charge in [-0.2, -0.15) is 0 Å². The van der Waals surface area contributed by atoms with Gasteiger partial charge in [-0.15, -0.1) is 0 Å². The number of aryl methyl sites for hydroxylation is 1. The Hall–Kier alpha value is -2.42. The minimum absolute atomic E-state index is 0.0158. The summed E-state index contributed by atoms with van der Waals surface area (Å²) in [5.41, 5.74) is 1.50. The normalized spacial score (nSPS) is 11.0. The standard InChI is InChI=1S/C17H17ClN2O5S/c1-2-11-3-5-12(6-4-11)20-16(21)10-25-17(22)14-9-13(26(19,23)24)7-8-15(14)18/h3-9H,2,10H2,1H3,(H,20,21)(H2,19,23,24). The molecule has 0 aliphatic rings. The van der Waals surface area contributed by atoms with E-state index >= 15 is 0 Å². The molecule has 3 N–H and O–H groups in total. The number of sulfonamides is 1. The number of ether oxygens (including phenoxy) is 1. The van der Waals surface area contributed by atoms with Crippen LogP contribution in [0.4, 0.5) is 5.69 Å². The third-order valence-corrected chi connectivity index (χ3v) is 4.71. The first-order chi connectivity index (χ1) is 12.2. The molecule has 2 aromatic rings. The average molecular weight is 397 g/mol. The highest BCUT2D eigenvalue weighted by molar-refractivity contribution is 7.89. The van der Waals surface area contributed by atoms with Crippen molar-refractivity contribution in [2.75, 3.05) is 11.9 Å². The van der Waals surface area contributed by atoms with Crippen molar-refractivity contribution in [2.45, 2.75) is 18.2 Å². The topological polar surface area (TPSA) is 116 Å². The quantitative estimate of drug-likeness (QED) is 0.727. The molecule has 0 heterocycles. The van der Waals surface area contributed by atoms with Crippen LogP contribution in [0.15, 0.2) is 47.4 Å². The van der Waals surface area contributed by atoms with Crippen LogP contribution in [0.5, 0.6) is 0 Å². The fraction of sp³-hybridized carbons (Fsp3) is 0.176. The third-order valence-electron chi connectivity index (χ3n) is 3.47. The Bertz CT molecular complexity index is 927. The number of halogens is 1. The Morgan fingerprint density at radius 1 is 1.15 bits per heavy atom. The molecular formula is C17H17ClN2O5S. The van der Waals surface area contributed by atoms with Gasteiger partial charge < -0.3 is 10.1 Å². The minimum atomic E-state index is -4.00. The number of hydrogen-bond donors (Lipinski definition) is 2. The fourth-order valence-electron chi connectivity index (χ4n) is 2.07. The van der Waals surface area contributed by atoms with Crippen LogP contribution >= 0.6 is 11.6 Å². The highest BCUT2D eigenvalue weighted by Gasteiger charge is 2.18. The van der Waals surface area contributed by atoms with Gasteiger partial charge in [0, 0.05) is 5.69 Å². The van der Waals surface area contributed by atoms with E-state index in [1.54, 1.807) is 12.1 Å². The number of carbonyl (C=O) groups is 2.